The van der Waals surface area contributed by atoms with Crippen LogP contribution in [0.5, 0.6) is 5.75 Å². The van der Waals surface area contributed by atoms with E-state index in [4.69, 9.17) is 4.74 Å². The van der Waals surface area contributed by atoms with Gasteiger partial charge in [0.1, 0.15) is 5.75 Å². The van der Waals surface area contributed by atoms with Gasteiger partial charge in [-0.25, -0.2) is 0 Å². The number of rotatable bonds is 9. The fraction of sp³-hybridized carbons (Fsp3) is 0.462. The maximum absolute atomic E-state index is 12.6. The largest absolute Gasteiger partial charge is 0.493 e. The van der Waals surface area contributed by atoms with Crippen molar-refractivity contribution >= 4 is 17.5 Å². The Bertz CT molecular complexity index is 960. The Hall–Kier alpha value is -3.10. The fourth-order valence-corrected chi connectivity index (χ4v) is 4.12. The van der Waals surface area contributed by atoms with Crippen LogP contribution in [0.15, 0.2) is 54.6 Å². The lowest BCUT2D eigenvalue weighted by atomic mass is 10.1. The zero-order valence-corrected chi connectivity index (χ0v) is 19.5. The second-order valence-electron chi connectivity index (χ2n) is 9.18. The molecule has 1 aliphatic heterocycles. The molecule has 8 heteroatoms. The number of carbonyl (C=O) groups is 2. The molecule has 2 unspecified atom stereocenters. The van der Waals surface area contributed by atoms with Gasteiger partial charge in [-0.3, -0.25) is 9.59 Å². The Morgan fingerprint density at radius 3 is 2.26 bits per heavy atom. The molecule has 1 saturated carbocycles. The van der Waals surface area contributed by atoms with Gasteiger partial charge in [0, 0.05) is 38.4 Å². The van der Waals surface area contributed by atoms with Crippen molar-refractivity contribution in [3.63, 3.8) is 0 Å². The van der Waals surface area contributed by atoms with E-state index in [0.29, 0.717) is 32.1 Å². The molecule has 0 aromatic heterocycles. The minimum absolute atomic E-state index is 0.173. The lowest BCUT2D eigenvalue weighted by Gasteiger charge is -2.37. The monoisotopic (exact) mass is 467 g/mol. The predicted molar refractivity (Wildman–Crippen MR) is 128 cm³/mol. The van der Waals surface area contributed by atoms with E-state index in [1.807, 2.05) is 54.6 Å². The summed E-state index contributed by atoms with van der Waals surface area (Å²) in [6, 6.07) is 17.3. The molecule has 2 aromatic carbocycles. The highest BCUT2D eigenvalue weighted by atomic mass is 16.5. The van der Waals surface area contributed by atoms with Gasteiger partial charge in [0.05, 0.1) is 6.61 Å². The number of carbonyl (C=O) groups excluding carboxylic acids is 2. The third kappa shape index (κ3) is 6.07. The molecule has 1 aliphatic carbocycles. The lowest BCUT2D eigenvalue weighted by Crippen LogP contribution is -2.55. The van der Waals surface area contributed by atoms with Crippen LogP contribution < -0.4 is 15.0 Å². The van der Waals surface area contributed by atoms with E-state index >= 15 is 0 Å². The van der Waals surface area contributed by atoms with Gasteiger partial charge in [-0.1, -0.05) is 37.3 Å². The SMILES string of the molecule is CC1CC1COc1ccc(CNC(=O)[C@H](O)[C@@H](O)C(=O)N2CCN(c3ccccc3)CC2)cc1. The Labute approximate surface area is 200 Å². The van der Waals surface area contributed by atoms with Crippen LogP contribution in [-0.2, 0) is 16.1 Å². The van der Waals surface area contributed by atoms with Crippen LogP contribution in [0.4, 0.5) is 5.69 Å². The Morgan fingerprint density at radius 1 is 1.00 bits per heavy atom. The number of benzene rings is 2. The van der Waals surface area contributed by atoms with Crippen molar-refractivity contribution in [3.05, 3.63) is 60.2 Å². The number of nitrogens with one attached hydrogen (secondary N) is 1. The minimum Gasteiger partial charge on any atom is -0.493 e. The molecule has 182 valence electrons. The second-order valence-corrected chi connectivity index (χ2v) is 9.18. The molecule has 1 heterocycles. The molecular weight excluding hydrogens is 434 g/mol. The van der Waals surface area contributed by atoms with Crippen molar-refractivity contribution in [1.82, 2.24) is 10.2 Å². The molecule has 34 heavy (non-hydrogen) atoms. The van der Waals surface area contributed by atoms with Gasteiger partial charge in [-0.2, -0.15) is 0 Å². The van der Waals surface area contributed by atoms with E-state index < -0.39 is 24.0 Å². The molecule has 1 saturated heterocycles. The molecule has 3 N–H and O–H groups in total. The number of hydrogen-bond donors (Lipinski definition) is 3. The average molecular weight is 468 g/mol. The maximum atomic E-state index is 12.6. The fourth-order valence-electron chi connectivity index (χ4n) is 4.12. The van der Waals surface area contributed by atoms with Crippen molar-refractivity contribution in [3.8, 4) is 5.75 Å². The van der Waals surface area contributed by atoms with Crippen molar-refractivity contribution in [2.24, 2.45) is 11.8 Å². The van der Waals surface area contributed by atoms with E-state index in [2.05, 4.69) is 17.1 Å². The highest BCUT2D eigenvalue weighted by Gasteiger charge is 2.35. The molecule has 2 amide bonds. The predicted octanol–water partition coefficient (Wildman–Crippen LogP) is 1.41. The highest BCUT2D eigenvalue weighted by Crippen LogP contribution is 2.37. The minimum atomic E-state index is -1.83. The second kappa shape index (κ2) is 10.9. The van der Waals surface area contributed by atoms with E-state index in [0.717, 1.165) is 29.5 Å². The van der Waals surface area contributed by atoms with Gasteiger partial charge in [-0.15, -0.1) is 0 Å². The molecule has 2 aliphatic rings. The van der Waals surface area contributed by atoms with Crippen molar-refractivity contribution in [1.29, 1.82) is 0 Å². The first kappa shape index (κ1) is 24.0. The number of piperazine rings is 1. The summed E-state index contributed by atoms with van der Waals surface area (Å²) < 4.78 is 5.76. The number of aliphatic hydroxyl groups is 2. The summed E-state index contributed by atoms with van der Waals surface area (Å²) in [7, 11) is 0. The molecule has 2 fully saturated rings. The molecule has 8 nitrogen and oxygen atoms in total. The Balaban J connectivity index is 1.20. The van der Waals surface area contributed by atoms with Gasteiger partial charge >= 0.3 is 0 Å². The standard InChI is InChI=1S/C26H33N3O5/c1-18-15-20(18)17-34-22-9-7-19(8-10-22)16-27-25(32)23(30)24(31)26(33)29-13-11-28(12-14-29)21-5-3-2-4-6-21/h2-10,18,20,23-24,30-31H,11-17H2,1H3,(H,27,32)/t18?,20?,23-,24-/m1/s1. The van der Waals surface area contributed by atoms with Crippen LogP contribution in [0, 0.1) is 11.8 Å². The molecule has 0 bridgehead atoms. The molecular formula is C26H33N3O5. The van der Waals surface area contributed by atoms with Gasteiger partial charge < -0.3 is 30.1 Å². The number of nitrogens with zero attached hydrogens (tertiary/aromatic N) is 2. The van der Waals surface area contributed by atoms with Crippen molar-refractivity contribution in [2.75, 3.05) is 37.7 Å². The average Bonchev–Trinajstić information content (AvgIpc) is 3.60. The maximum Gasteiger partial charge on any atom is 0.254 e. The zero-order chi connectivity index (χ0) is 24.1. The topological polar surface area (TPSA) is 102 Å². The Morgan fingerprint density at radius 2 is 1.65 bits per heavy atom. The van der Waals surface area contributed by atoms with E-state index in [1.54, 1.807) is 0 Å². The summed E-state index contributed by atoms with van der Waals surface area (Å²) in [6.45, 7) is 5.16. The third-order valence-corrected chi connectivity index (χ3v) is 6.66. The van der Waals surface area contributed by atoms with Crippen LogP contribution in [-0.4, -0.2) is 71.9 Å². The van der Waals surface area contributed by atoms with Crippen LogP contribution in [0.2, 0.25) is 0 Å². The van der Waals surface area contributed by atoms with Gasteiger partial charge in [-0.05, 0) is 48.1 Å². The number of anilines is 1. The lowest BCUT2D eigenvalue weighted by molar-refractivity contribution is -0.153. The quantitative estimate of drug-likeness (QED) is 0.515. The smallest absolute Gasteiger partial charge is 0.254 e. The molecule has 4 rings (SSSR count). The zero-order valence-electron chi connectivity index (χ0n) is 19.5. The highest BCUT2D eigenvalue weighted by molar-refractivity contribution is 5.90. The molecule has 4 atom stereocenters. The van der Waals surface area contributed by atoms with Crippen LogP contribution in [0.3, 0.4) is 0 Å². The molecule has 2 aromatic rings. The normalized spacial score (nSPS) is 21.5. The Kier molecular flexibility index (Phi) is 7.70. The molecule has 0 radical (unpaired) electrons. The first-order chi connectivity index (χ1) is 16.4. The number of aliphatic hydroxyl groups excluding tert-OH is 2. The van der Waals surface area contributed by atoms with Gasteiger partial charge in [0.2, 0.25) is 0 Å². The van der Waals surface area contributed by atoms with E-state index in [-0.39, 0.29) is 6.54 Å². The number of para-hydroxylation sites is 1. The van der Waals surface area contributed by atoms with Gasteiger partial charge in [0.25, 0.3) is 11.8 Å². The summed E-state index contributed by atoms with van der Waals surface area (Å²) in [4.78, 5) is 28.6. The number of amides is 2. The van der Waals surface area contributed by atoms with Crippen molar-refractivity contribution in [2.45, 2.75) is 32.1 Å². The summed E-state index contributed by atoms with van der Waals surface area (Å²) in [5, 5.41) is 23.2. The van der Waals surface area contributed by atoms with Crippen molar-refractivity contribution < 1.29 is 24.5 Å². The van der Waals surface area contributed by atoms with E-state index in [1.165, 1.54) is 11.3 Å². The third-order valence-electron chi connectivity index (χ3n) is 6.66. The van der Waals surface area contributed by atoms with Crippen LogP contribution in [0.1, 0.15) is 18.9 Å². The van der Waals surface area contributed by atoms with E-state index in [9.17, 15) is 19.8 Å². The van der Waals surface area contributed by atoms with Crippen LogP contribution in [0.25, 0.3) is 0 Å². The number of ether oxygens (including phenoxy) is 1. The summed E-state index contributed by atoms with van der Waals surface area (Å²) in [6.07, 6.45) is -2.42. The van der Waals surface area contributed by atoms with Gasteiger partial charge in [0.15, 0.2) is 12.2 Å². The summed E-state index contributed by atoms with van der Waals surface area (Å²) in [5.74, 6) is 0.737. The first-order valence-electron chi connectivity index (χ1n) is 11.9. The van der Waals surface area contributed by atoms with Crippen LogP contribution >= 0.6 is 0 Å². The molecule has 0 spiro atoms. The summed E-state index contributed by atoms with van der Waals surface area (Å²) >= 11 is 0. The number of hydrogen-bond acceptors (Lipinski definition) is 6. The summed E-state index contributed by atoms with van der Waals surface area (Å²) in [5.41, 5.74) is 1.90. The first-order valence-corrected chi connectivity index (χ1v) is 11.9.